The number of amides is 1. The number of hydrogen-bond donors (Lipinski definition) is 1. The predicted molar refractivity (Wildman–Crippen MR) is 99.1 cm³/mol. The average Bonchev–Trinajstić information content (AvgIpc) is 2.65. The second kappa shape index (κ2) is 8.32. The van der Waals surface area contributed by atoms with Gasteiger partial charge in [0.15, 0.2) is 0 Å². The molecule has 1 amide bonds. The van der Waals surface area contributed by atoms with Crippen molar-refractivity contribution in [3.63, 3.8) is 0 Å². The van der Waals surface area contributed by atoms with E-state index in [2.05, 4.69) is 5.32 Å². The van der Waals surface area contributed by atoms with Gasteiger partial charge in [0.25, 0.3) is 5.91 Å². The van der Waals surface area contributed by atoms with Gasteiger partial charge in [-0.05, 0) is 55.8 Å². The van der Waals surface area contributed by atoms with Crippen molar-refractivity contribution in [2.24, 2.45) is 0 Å². The Morgan fingerprint density at radius 2 is 1.57 bits per heavy atom. The molecule has 0 unspecified atom stereocenters. The van der Waals surface area contributed by atoms with Crippen LogP contribution < -0.4 is 5.32 Å². The van der Waals surface area contributed by atoms with Crippen molar-refractivity contribution in [2.75, 3.05) is 7.05 Å². The van der Waals surface area contributed by atoms with Crippen LogP contribution in [0.1, 0.15) is 35.3 Å². The summed E-state index contributed by atoms with van der Waals surface area (Å²) < 4.78 is 63.7. The van der Waals surface area contributed by atoms with Crippen molar-refractivity contribution >= 4 is 15.9 Å². The Kier molecular flexibility index (Phi) is 6.51. The third-order valence-electron chi connectivity index (χ3n) is 4.26. The van der Waals surface area contributed by atoms with Gasteiger partial charge in [0.2, 0.25) is 10.0 Å². The summed E-state index contributed by atoms with van der Waals surface area (Å²) in [5.41, 5.74) is -0.0654. The van der Waals surface area contributed by atoms with E-state index in [1.165, 1.54) is 23.5 Å². The maximum atomic E-state index is 12.6. The molecule has 0 saturated heterocycles. The topological polar surface area (TPSA) is 66.5 Å². The number of carbonyl (C=O) groups excluding carboxylic acids is 1. The number of sulfonamides is 1. The standard InChI is InChI=1S/C19H21F3N2O3S/c1-13(2)24(3)28(26,27)17-10-4-14(5-11-17)12-23-18(25)15-6-8-16(9-7-15)19(20,21)22/h4-11,13H,12H2,1-3H3,(H,23,25). The Bertz CT molecular complexity index is 922. The molecular formula is C19H21F3N2O3S. The van der Waals surface area contributed by atoms with Gasteiger partial charge in [0.1, 0.15) is 0 Å². The number of halogens is 3. The molecule has 1 N–H and O–H groups in total. The van der Waals surface area contributed by atoms with Crippen LogP contribution in [0.4, 0.5) is 13.2 Å². The van der Waals surface area contributed by atoms with Gasteiger partial charge in [0.05, 0.1) is 10.5 Å². The fourth-order valence-electron chi connectivity index (χ4n) is 2.32. The molecule has 0 aliphatic rings. The normalized spacial score (nSPS) is 12.4. The van der Waals surface area contributed by atoms with Crippen LogP contribution in [0, 0.1) is 0 Å². The van der Waals surface area contributed by atoms with Crippen LogP contribution in [0.15, 0.2) is 53.4 Å². The summed E-state index contributed by atoms with van der Waals surface area (Å²) in [4.78, 5) is 12.2. The van der Waals surface area contributed by atoms with E-state index in [9.17, 15) is 26.4 Å². The van der Waals surface area contributed by atoms with E-state index in [0.29, 0.717) is 5.56 Å². The molecule has 0 radical (unpaired) electrons. The zero-order valence-corrected chi connectivity index (χ0v) is 16.4. The van der Waals surface area contributed by atoms with Crippen LogP contribution in [0.2, 0.25) is 0 Å². The summed E-state index contributed by atoms with van der Waals surface area (Å²) in [6, 6.07) is 9.78. The highest BCUT2D eigenvalue weighted by Gasteiger charge is 2.30. The first-order valence-electron chi connectivity index (χ1n) is 8.45. The van der Waals surface area contributed by atoms with Crippen LogP contribution in [0.5, 0.6) is 0 Å². The molecule has 2 aromatic rings. The monoisotopic (exact) mass is 414 g/mol. The lowest BCUT2D eigenvalue weighted by atomic mass is 10.1. The molecular weight excluding hydrogens is 393 g/mol. The Hall–Kier alpha value is -2.39. The minimum absolute atomic E-state index is 0.103. The lowest BCUT2D eigenvalue weighted by Crippen LogP contribution is -2.33. The first-order valence-corrected chi connectivity index (χ1v) is 9.89. The van der Waals surface area contributed by atoms with Gasteiger partial charge >= 0.3 is 6.18 Å². The quantitative estimate of drug-likeness (QED) is 0.785. The highest BCUT2D eigenvalue weighted by molar-refractivity contribution is 7.89. The van der Waals surface area contributed by atoms with E-state index in [-0.39, 0.29) is 23.0 Å². The molecule has 0 aromatic heterocycles. The number of alkyl halides is 3. The molecule has 5 nitrogen and oxygen atoms in total. The molecule has 9 heteroatoms. The van der Waals surface area contributed by atoms with Crippen molar-refractivity contribution in [3.8, 4) is 0 Å². The van der Waals surface area contributed by atoms with Crippen molar-refractivity contribution < 1.29 is 26.4 Å². The summed E-state index contributed by atoms with van der Waals surface area (Å²) in [6.45, 7) is 3.64. The molecule has 0 spiro atoms. The van der Waals surface area contributed by atoms with Crippen LogP contribution in [-0.2, 0) is 22.7 Å². The molecule has 0 atom stereocenters. The number of hydrogen-bond acceptors (Lipinski definition) is 3. The minimum atomic E-state index is -4.46. The van der Waals surface area contributed by atoms with Gasteiger partial charge in [-0.2, -0.15) is 17.5 Å². The number of nitrogens with one attached hydrogen (secondary N) is 1. The zero-order chi connectivity index (χ0) is 21.1. The SMILES string of the molecule is CC(C)N(C)S(=O)(=O)c1ccc(CNC(=O)c2ccc(C(F)(F)F)cc2)cc1. The van der Waals surface area contributed by atoms with Gasteiger partial charge < -0.3 is 5.32 Å². The Balaban J connectivity index is 2.02. The molecule has 0 heterocycles. The van der Waals surface area contributed by atoms with Crippen LogP contribution in [0.25, 0.3) is 0 Å². The highest BCUT2D eigenvalue weighted by Crippen LogP contribution is 2.29. The van der Waals surface area contributed by atoms with Crippen LogP contribution in [0.3, 0.4) is 0 Å². The Labute approximate surface area is 162 Å². The maximum Gasteiger partial charge on any atom is 0.416 e. The van der Waals surface area contributed by atoms with E-state index in [1.807, 2.05) is 0 Å². The van der Waals surface area contributed by atoms with Crippen molar-refractivity contribution in [1.82, 2.24) is 9.62 Å². The second-order valence-corrected chi connectivity index (χ2v) is 8.51. The number of rotatable bonds is 6. The smallest absolute Gasteiger partial charge is 0.348 e. The van der Waals surface area contributed by atoms with Gasteiger partial charge in [-0.15, -0.1) is 0 Å². The lowest BCUT2D eigenvalue weighted by molar-refractivity contribution is -0.137. The zero-order valence-electron chi connectivity index (χ0n) is 15.6. The third-order valence-corrected chi connectivity index (χ3v) is 6.30. The first kappa shape index (κ1) is 21.9. The van der Waals surface area contributed by atoms with Gasteiger partial charge in [-0.1, -0.05) is 12.1 Å². The molecule has 0 fully saturated rings. The maximum absolute atomic E-state index is 12.6. The largest absolute Gasteiger partial charge is 0.416 e. The fraction of sp³-hybridized carbons (Fsp3) is 0.316. The summed E-state index contributed by atoms with van der Waals surface area (Å²) in [7, 11) is -2.09. The highest BCUT2D eigenvalue weighted by atomic mass is 32.2. The first-order chi connectivity index (χ1) is 12.9. The van der Waals surface area contributed by atoms with Crippen LogP contribution >= 0.6 is 0 Å². The number of nitrogens with zero attached hydrogens (tertiary/aromatic N) is 1. The van der Waals surface area contributed by atoms with Crippen LogP contribution in [-0.4, -0.2) is 31.7 Å². The van der Waals surface area contributed by atoms with E-state index in [4.69, 9.17) is 0 Å². The van der Waals surface area contributed by atoms with E-state index in [0.717, 1.165) is 24.3 Å². The fourth-order valence-corrected chi connectivity index (χ4v) is 3.69. The molecule has 0 aliphatic carbocycles. The van der Waals surface area contributed by atoms with E-state index < -0.39 is 27.7 Å². The van der Waals surface area contributed by atoms with Crippen molar-refractivity contribution in [3.05, 3.63) is 65.2 Å². The summed E-state index contributed by atoms with van der Waals surface area (Å²) in [5, 5.41) is 2.59. The molecule has 28 heavy (non-hydrogen) atoms. The van der Waals surface area contributed by atoms with Gasteiger partial charge in [0, 0.05) is 25.2 Å². The Morgan fingerprint density at radius 3 is 2.04 bits per heavy atom. The number of benzene rings is 2. The lowest BCUT2D eigenvalue weighted by Gasteiger charge is -2.21. The molecule has 0 bridgehead atoms. The molecule has 0 aliphatic heterocycles. The summed E-state index contributed by atoms with van der Waals surface area (Å²) in [5.74, 6) is -0.523. The molecule has 2 aromatic carbocycles. The molecule has 2 rings (SSSR count). The minimum Gasteiger partial charge on any atom is -0.348 e. The van der Waals surface area contributed by atoms with Crippen molar-refractivity contribution in [2.45, 2.75) is 37.5 Å². The van der Waals surface area contributed by atoms with Gasteiger partial charge in [-0.3, -0.25) is 4.79 Å². The van der Waals surface area contributed by atoms with E-state index >= 15 is 0 Å². The summed E-state index contributed by atoms with van der Waals surface area (Å²) >= 11 is 0. The molecule has 0 saturated carbocycles. The Morgan fingerprint density at radius 1 is 1.04 bits per heavy atom. The van der Waals surface area contributed by atoms with Crippen molar-refractivity contribution in [1.29, 1.82) is 0 Å². The van der Waals surface area contributed by atoms with E-state index in [1.54, 1.807) is 26.0 Å². The second-order valence-electron chi connectivity index (χ2n) is 6.52. The van der Waals surface area contributed by atoms with Gasteiger partial charge in [-0.25, -0.2) is 8.42 Å². The summed E-state index contributed by atoms with van der Waals surface area (Å²) in [6.07, 6.45) is -4.46. The third kappa shape index (κ3) is 5.11. The molecule has 152 valence electrons. The average molecular weight is 414 g/mol. The predicted octanol–water partition coefficient (Wildman–Crippen LogP) is 3.66. The number of carbonyl (C=O) groups is 1.